The van der Waals surface area contributed by atoms with Crippen molar-refractivity contribution in [2.75, 3.05) is 13.1 Å². The number of piperidine rings is 1. The van der Waals surface area contributed by atoms with E-state index in [4.69, 9.17) is 11.6 Å². The summed E-state index contributed by atoms with van der Waals surface area (Å²) in [6, 6.07) is 18.2. The Morgan fingerprint density at radius 1 is 1.06 bits per heavy atom. The fraction of sp³-hybridized carbons (Fsp3) is 0.333. The summed E-state index contributed by atoms with van der Waals surface area (Å²) in [5.74, 6) is 0.574. The number of rotatable bonds is 3. The van der Waals surface area contributed by atoms with Crippen LogP contribution in [0.5, 0.6) is 0 Å². The summed E-state index contributed by atoms with van der Waals surface area (Å²) in [4.78, 5) is 20.3. The van der Waals surface area contributed by atoms with Crippen LogP contribution in [0.2, 0.25) is 5.02 Å². The summed E-state index contributed by atoms with van der Waals surface area (Å²) >= 11 is 6.39. The lowest BCUT2D eigenvalue weighted by molar-refractivity contribution is -0.137. The summed E-state index contributed by atoms with van der Waals surface area (Å²) in [6.07, 6.45) is 5.27. The van der Waals surface area contributed by atoms with E-state index in [2.05, 4.69) is 29.2 Å². The molecular weight excluding hydrogens is 420 g/mol. The Labute approximate surface area is 192 Å². The second-order valence-electron chi connectivity index (χ2n) is 9.34. The van der Waals surface area contributed by atoms with E-state index < -0.39 is 11.5 Å². The van der Waals surface area contributed by atoms with Crippen LogP contribution in [0.15, 0.2) is 67.0 Å². The quantitative estimate of drug-likeness (QED) is 0.628. The zero-order valence-corrected chi connectivity index (χ0v) is 18.5. The molecule has 1 N–H and O–H groups in total. The average molecular weight is 445 g/mol. The second-order valence-corrected chi connectivity index (χ2v) is 9.78. The molecule has 162 valence electrons. The number of nitrogens with zero attached hydrogens (tertiary/aromatic N) is 2. The Morgan fingerprint density at radius 3 is 2.62 bits per heavy atom. The molecular formula is C27H25ClN2O2. The van der Waals surface area contributed by atoms with E-state index in [1.54, 1.807) is 12.4 Å². The topological polar surface area (TPSA) is 53.4 Å². The predicted molar refractivity (Wildman–Crippen MR) is 124 cm³/mol. The normalized spacial score (nSPS) is 24.8. The molecule has 5 heteroatoms. The Morgan fingerprint density at radius 2 is 1.84 bits per heavy atom. The maximum atomic E-state index is 14.2. The molecule has 0 saturated carbocycles. The van der Waals surface area contributed by atoms with Gasteiger partial charge in [-0.1, -0.05) is 48.0 Å². The number of likely N-dealkylation sites (tertiary alicyclic amines) is 1. The zero-order chi connectivity index (χ0) is 21.9. The molecule has 32 heavy (non-hydrogen) atoms. The van der Waals surface area contributed by atoms with Gasteiger partial charge in [0.05, 0.1) is 6.10 Å². The van der Waals surface area contributed by atoms with Crippen molar-refractivity contribution in [2.45, 2.75) is 36.7 Å². The number of amides is 1. The SMILES string of the molecule is O=C(N1CCC(C(O)c2cccnc2)CC1)[C@@]12C[C@H](c3ccccc31)c1ccc(Cl)cc12. The molecule has 1 saturated heterocycles. The number of aliphatic hydroxyl groups is 1. The van der Waals surface area contributed by atoms with E-state index in [1.807, 2.05) is 35.2 Å². The highest BCUT2D eigenvalue weighted by Gasteiger charge is 2.58. The van der Waals surface area contributed by atoms with Crippen molar-refractivity contribution in [3.05, 3.63) is 99.8 Å². The van der Waals surface area contributed by atoms with Crippen molar-refractivity contribution in [1.82, 2.24) is 9.88 Å². The summed E-state index contributed by atoms with van der Waals surface area (Å²) in [7, 11) is 0. The molecule has 2 aromatic carbocycles. The Hall–Kier alpha value is -2.69. The molecule has 3 aromatic rings. The lowest BCUT2D eigenvalue weighted by Gasteiger charge is -2.40. The molecule has 1 amide bonds. The number of aliphatic hydroxyl groups excluding tert-OH is 1. The van der Waals surface area contributed by atoms with Crippen LogP contribution < -0.4 is 0 Å². The number of carbonyl (C=O) groups is 1. The molecule has 2 heterocycles. The molecule has 6 rings (SSSR count). The predicted octanol–water partition coefficient (Wildman–Crippen LogP) is 4.84. The fourth-order valence-electron chi connectivity index (χ4n) is 6.28. The monoisotopic (exact) mass is 444 g/mol. The maximum Gasteiger partial charge on any atom is 0.237 e. The van der Waals surface area contributed by atoms with Crippen LogP contribution in [0, 0.1) is 5.92 Å². The van der Waals surface area contributed by atoms with Gasteiger partial charge in [0, 0.05) is 36.4 Å². The van der Waals surface area contributed by atoms with Gasteiger partial charge >= 0.3 is 0 Å². The van der Waals surface area contributed by atoms with Gasteiger partial charge in [-0.05, 0) is 71.2 Å². The fourth-order valence-corrected chi connectivity index (χ4v) is 6.45. The van der Waals surface area contributed by atoms with Crippen LogP contribution in [0.3, 0.4) is 0 Å². The van der Waals surface area contributed by atoms with Gasteiger partial charge in [0.2, 0.25) is 5.91 Å². The molecule has 2 bridgehead atoms. The van der Waals surface area contributed by atoms with Crippen LogP contribution >= 0.6 is 11.6 Å². The number of hydrogen-bond acceptors (Lipinski definition) is 3. The largest absolute Gasteiger partial charge is 0.388 e. The average Bonchev–Trinajstić information content (AvgIpc) is 3.37. The molecule has 3 aliphatic rings. The van der Waals surface area contributed by atoms with Crippen LogP contribution in [0.25, 0.3) is 0 Å². The lowest BCUT2D eigenvalue weighted by Crippen LogP contribution is -2.49. The van der Waals surface area contributed by atoms with Crippen LogP contribution in [-0.4, -0.2) is 34.0 Å². The van der Waals surface area contributed by atoms with Crippen molar-refractivity contribution in [2.24, 2.45) is 5.92 Å². The van der Waals surface area contributed by atoms with Crippen LogP contribution in [0.4, 0.5) is 0 Å². The molecule has 3 atom stereocenters. The molecule has 4 nitrogen and oxygen atoms in total. The van der Waals surface area contributed by atoms with Crippen LogP contribution in [0.1, 0.15) is 59.1 Å². The minimum atomic E-state index is -0.643. The molecule has 1 aliphatic heterocycles. The van der Waals surface area contributed by atoms with Gasteiger partial charge in [-0.3, -0.25) is 9.78 Å². The third-order valence-electron chi connectivity index (χ3n) is 7.82. The first-order chi connectivity index (χ1) is 15.6. The highest BCUT2D eigenvalue weighted by atomic mass is 35.5. The zero-order valence-electron chi connectivity index (χ0n) is 17.7. The van der Waals surface area contributed by atoms with Crippen molar-refractivity contribution in [3.63, 3.8) is 0 Å². The first-order valence-electron chi connectivity index (χ1n) is 11.4. The van der Waals surface area contributed by atoms with E-state index in [1.165, 1.54) is 11.1 Å². The number of benzene rings is 2. The van der Waals surface area contributed by atoms with E-state index >= 15 is 0 Å². The van der Waals surface area contributed by atoms with Gasteiger partial charge in [-0.15, -0.1) is 0 Å². The van der Waals surface area contributed by atoms with Gasteiger partial charge in [-0.2, -0.15) is 0 Å². The third kappa shape index (κ3) is 2.79. The summed E-state index contributed by atoms with van der Waals surface area (Å²) in [5, 5.41) is 11.5. The second kappa shape index (κ2) is 7.43. The van der Waals surface area contributed by atoms with Gasteiger partial charge in [0.25, 0.3) is 0 Å². The molecule has 0 spiro atoms. The van der Waals surface area contributed by atoms with Gasteiger partial charge in [0.1, 0.15) is 5.41 Å². The number of halogens is 1. The third-order valence-corrected chi connectivity index (χ3v) is 8.06. The lowest BCUT2D eigenvalue weighted by atomic mass is 9.73. The minimum absolute atomic E-state index is 0.134. The van der Waals surface area contributed by atoms with Gasteiger partial charge in [-0.25, -0.2) is 0 Å². The molecule has 0 radical (unpaired) electrons. The van der Waals surface area contributed by atoms with E-state index in [0.29, 0.717) is 18.1 Å². The number of hydrogen-bond donors (Lipinski definition) is 1. The molecule has 1 aromatic heterocycles. The summed E-state index contributed by atoms with van der Waals surface area (Å²) in [5.41, 5.74) is 4.94. The first-order valence-corrected chi connectivity index (χ1v) is 11.7. The van der Waals surface area contributed by atoms with E-state index in [9.17, 15) is 9.90 Å². The van der Waals surface area contributed by atoms with E-state index in [-0.39, 0.29) is 17.7 Å². The summed E-state index contributed by atoms with van der Waals surface area (Å²) in [6.45, 7) is 1.32. The van der Waals surface area contributed by atoms with E-state index in [0.717, 1.165) is 36.0 Å². The minimum Gasteiger partial charge on any atom is -0.388 e. The number of aromatic nitrogens is 1. The van der Waals surface area contributed by atoms with Gasteiger partial charge < -0.3 is 10.0 Å². The maximum absolute atomic E-state index is 14.2. The van der Waals surface area contributed by atoms with Crippen molar-refractivity contribution in [1.29, 1.82) is 0 Å². The first kappa shape index (κ1) is 20.0. The van der Waals surface area contributed by atoms with Crippen molar-refractivity contribution in [3.8, 4) is 0 Å². The molecule has 2 aliphatic carbocycles. The number of fused-ring (bicyclic) bond motifs is 8. The number of pyridine rings is 1. The Balaban J connectivity index is 1.30. The smallest absolute Gasteiger partial charge is 0.237 e. The molecule has 1 fully saturated rings. The van der Waals surface area contributed by atoms with Crippen LogP contribution in [-0.2, 0) is 10.2 Å². The number of carbonyl (C=O) groups excluding carboxylic acids is 1. The highest BCUT2D eigenvalue weighted by molar-refractivity contribution is 6.30. The van der Waals surface area contributed by atoms with Crippen molar-refractivity contribution >= 4 is 17.5 Å². The Kier molecular flexibility index (Phi) is 4.63. The Bertz CT molecular complexity index is 1190. The molecule has 1 unspecified atom stereocenters. The van der Waals surface area contributed by atoms with Gasteiger partial charge in [0.15, 0.2) is 0 Å². The standard InChI is InChI=1S/C27H25ClN2O2/c28-19-7-8-21-22-15-27(24(21)14-19,23-6-2-1-5-20(22)23)26(32)30-12-9-17(10-13-30)25(31)18-4-3-11-29-16-18/h1-8,11,14,16-17,22,25,31H,9-10,12-13,15H2/t22-,25?,27+/m1/s1. The van der Waals surface area contributed by atoms with Crippen molar-refractivity contribution < 1.29 is 9.90 Å². The summed E-state index contributed by atoms with van der Waals surface area (Å²) < 4.78 is 0. The highest BCUT2D eigenvalue weighted by Crippen LogP contribution is 2.61.